The number of amides is 2. The first-order chi connectivity index (χ1) is 11.6. The molecular weight excluding hydrogens is 310 g/mol. The molecule has 2 heterocycles. The van der Waals surface area contributed by atoms with Crippen LogP contribution >= 0.6 is 0 Å². The number of hydrogen-bond donors (Lipinski definition) is 2. The number of nitrogens with two attached hydrogens (primary N) is 1. The second kappa shape index (κ2) is 6.49. The monoisotopic (exact) mass is 327 g/mol. The van der Waals surface area contributed by atoms with E-state index in [0.29, 0.717) is 11.5 Å². The van der Waals surface area contributed by atoms with E-state index in [1.54, 1.807) is 30.1 Å². The van der Waals surface area contributed by atoms with Crippen LogP contribution in [0.1, 0.15) is 12.2 Å². The minimum absolute atomic E-state index is 0.162. The van der Waals surface area contributed by atoms with Crippen LogP contribution in [-0.4, -0.2) is 38.3 Å². The highest BCUT2D eigenvalue weighted by atomic mass is 16.2. The molecule has 1 aliphatic heterocycles. The number of primary amides is 1. The van der Waals surface area contributed by atoms with Gasteiger partial charge in [0.25, 0.3) is 5.91 Å². The van der Waals surface area contributed by atoms with Gasteiger partial charge in [-0.2, -0.15) is 5.10 Å². The number of hydrazone groups is 1. The predicted molar refractivity (Wildman–Crippen MR) is 86.8 cm³/mol. The van der Waals surface area contributed by atoms with Gasteiger partial charge in [0.05, 0.1) is 12.2 Å². The molecule has 0 bridgehead atoms. The van der Waals surface area contributed by atoms with Crippen LogP contribution in [0.15, 0.2) is 41.8 Å². The maximum atomic E-state index is 12.3. The van der Waals surface area contributed by atoms with Gasteiger partial charge < -0.3 is 15.6 Å². The van der Waals surface area contributed by atoms with E-state index in [9.17, 15) is 9.59 Å². The number of benzene rings is 1. The van der Waals surface area contributed by atoms with Gasteiger partial charge in [-0.1, -0.05) is 18.2 Å². The molecule has 1 aromatic heterocycles. The third kappa shape index (κ3) is 3.09. The van der Waals surface area contributed by atoms with Crippen molar-refractivity contribution < 1.29 is 9.59 Å². The highest BCUT2D eigenvalue weighted by Crippen LogP contribution is 2.24. The maximum absolute atomic E-state index is 12.3. The molecule has 24 heavy (non-hydrogen) atoms. The lowest BCUT2D eigenvalue weighted by molar-refractivity contribution is -0.119. The van der Waals surface area contributed by atoms with E-state index in [1.807, 2.05) is 18.2 Å². The molecule has 0 saturated heterocycles. The minimum Gasteiger partial charge on any atom is -0.368 e. The van der Waals surface area contributed by atoms with Gasteiger partial charge >= 0.3 is 0 Å². The second-order valence-corrected chi connectivity index (χ2v) is 5.39. The highest BCUT2D eigenvalue weighted by Gasteiger charge is 2.34. The number of carbonyl (C=O) groups is 2. The van der Waals surface area contributed by atoms with Crippen LogP contribution in [0.5, 0.6) is 0 Å². The van der Waals surface area contributed by atoms with Crippen molar-refractivity contribution in [3.8, 4) is 0 Å². The highest BCUT2D eigenvalue weighted by molar-refractivity contribution is 6.40. The number of para-hydroxylation sites is 1. The smallest absolute Gasteiger partial charge is 0.267 e. The fourth-order valence-electron chi connectivity index (χ4n) is 2.42. The molecule has 0 fully saturated rings. The van der Waals surface area contributed by atoms with Crippen molar-refractivity contribution in [3.63, 3.8) is 0 Å². The van der Waals surface area contributed by atoms with Crippen molar-refractivity contribution in [2.45, 2.75) is 19.0 Å². The van der Waals surface area contributed by atoms with E-state index in [2.05, 4.69) is 20.6 Å². The lowest BCUT2D eigenvalue weighted by atomic mass is 10.1. The van der Waals surface area contributed by atoms with Crippen molar-refractivity contribution in [1.29, 1.82) is 0 Å². The van der Waals surface area contributed by atoms with Crippen molar-refractivity contribution in [2.24, 2.45) is 17.9 Å². The van der Waals surface area contributed by atoms with Crippen LogP contribution in [0.4, 0.5) is 5.69 Å². The van der Waals surface area contributed by atoms with E-state index >= 15 is 0 Å². The third-order valence-electron chi connectivity index (χ3n) is 3.73. The van der Waals surface area contributed by atoms with E-state index in [1.165, 1.54) is 5.01 Å². The van der Waals surface area contributed by atoms with Crippen molar-refractivity contribution >= 4 is 23.2 Å². The molecule has 1 aromatic carbocycles. The number of anilines is 1. The maximum Gasteiger partial charge on any atom is 0.267 e. The number of hydrogen-bond acceptors (Lipinski definition) is 6. The van der Waals surface area contributed by atoms with Gasteiger partial charge in [0.15, 0.2) is 5.82 Å². The van der Waals surface area contributed by atoms with Crippen LogP contribution in [0.3, 0.4) is 0 Å². The number of nitrogens with one attached hydrogen (secondary N) is 1. The largest absolute Gasteiger partial charge is 0.368 e. The van der Waals surface area contributed by atoms with Crippen molar-refractivity contribution in [1.82, 2.24) is 20.1 Å². The Balaban J connectivity index is 1.74. The summed E-state index contributed by atoms with van der Waals surface area (Å²) < 4.78 is 1.71. The zero-order chi connectivity index (χ0) is 17.1. The normalized spacial score (nSPS) is 16.8. The lowest BCUT2D eigenvalue weighted by Crippen LogP contribution is -2.39. The second-order valence-electron chi connectivity index (χ2n) is 5.39. The quantitative estimate of drug-likeness (QED) is 0.771. The third-order valence-corrected chi connectivity index (χ3v) is 3.73. The molecule has 0 unspecified atom stereocenters. The van der Waals surface area contributed by atoms with Gasteiger partial charge in [-0.3, -0.25) is 14.6 Å². The minimum atomic E-state index is -0.678. The summed E-state index contributed by atoms with van der Waals surface area (Å²) >= 11 is 0. The molecule has 0 radical (unpaired) electrons. The molecule has 2 amide bonds. The fourth-order valence-corrected chi connectivity index (χ4v) is 2.42. The average molecular weight is 327 g/mol. The lowest BCUT2D eigenvalue weighted by Gasteiger charge is -2.20. The van der Waals surface area contributed by atoms with Crippen molar-refractivity contribution in [2.75, 3.05) is 5.01 Å². The molecular formula is C15H17N7O2. The number of aryl methyl sites for hydroxylation is 1. The molecule has 9 nitrogen and oxygen atoms in total. The Morgan fingerprint density at radius 3 is 2.71 bits per heavy atom. The number of aromatic nitrogens is 3. The standard InChI is InChI=1S/C15H17N7O2/c1-21-9-18-19-13(21)8-17-15(24)11-7-12(14(16)23)22(20-11)10-5-3-2-4-6-10/h2-6,9,12H,7-8H2,1H3,(H2,16,23)(H,17,24)/t12-/m0/s1. The summed E-state index contributed by atoms with van der Waals surface area (Å²) in [4.78, 5) is 24.0. The summed E-state index contributed by atoms with van der Waals surface area (Å²) in [5.74, 6) is -0.269. The summed E-state index contributed by atoms with van der Waals surface area (Å²) in [5.41, 5.74) is 6.41. The first-order valence-corrected chi connectivity index (χ1v) is 7.38. The van der Waals surface area contributed by atoms with Gasteiger partial charge in [-0.15, -0.1) is 10.2 Å². The Bertz CT molecular complexity index is 784. The molecule has 1 atom stereocenters. The van der Waals surface area contributed by atoms with Gasteiger partial charge in [0.1, 0.15) is 18.1 Å². The summed E-state index contributed by atoms with van der Waals surface area (Å²) in [6, 6.07) is 8.45. The average Bonchev–Trinajstić information content (AvgIpc) is 3.20. The number of carbonyl (C=O) groups excluding carboxylic acids is 2. The van der Waals surface area contributed by atoms with Crippen LogP contribution < -0.4 is 16.1 Å². The predicted octanol–water partition coefficient (Wildman–Crippen LogP) is -0.448. The Morgan fingerprint density at radius 2 is 2.08 bits per heavy atom. The zero-order valence-electron chi connectivity index (χ0n) is 13.1. The van der Waals surface area contributed by atoms with Gasteiger partial charge in [0, 0.05) is 13.5 Å². The number of rotatable bonds is 5. The Kier molecular flexibility index (Phi) is 4.23. The molecule has 1 aliphatic rings. The first kappa shape index (κ1) is 15.7. The van der Waals surface area contributed by atoms with Crippen LogP contribution in [0.25, 0.3) is 0 Å². The SMILES string of the molecule is Cn1cnnc1CNC(=O)C1=NN(c2ccccc2)[C@H](C(N)=O)C1. The Labute approximate surface area is 138 Å². The summed E-state index contributed by atoms with van der Waals surface area (Å²) in [7, 11) is 1.79. The van der Waals surface area contributed by atoms with E-state index in [-0.39, 0.29) is 24.6 Å². The number of nitrogens with zero attached hydrogens (tertiary/aromatic N) is 5. The summed E-state index contributed by atoms with van der Waals surface area (Å²) in [6.07, 6.45) is 1.71. The van der Waals surface area contributed by atoms with Gasteiger partial charge in [-0.25, -0.2) is 0 Å². The van der Waals surface area contributed by atoms with E-state index in [4.69, 9.17) is 5.73 Å². The summed E-state index contributed by atoms with van der Waals surface area (Å²) in [5, 5.41) is 16.1. The first-order valence-electron chi connectivity index (χ1n) is 7.38. The summed E-state index contributed by atoms with van der Waals surface area (Å²) in [6.45, 7) is 0.223. The van der Waals surface area contributed by atoms with Crippen molar-refractivity contribution in [3.05, 3.63) is 42.5 Å². The molecule has 9 heteroatoms. The molecule has 3 rings (SSSR count). The van der Waals surface area contributed by atoms with E-state index in [0.717, 1.165) is 0 Å². The van der Waals surface area contributed by atoms with E-state index < -0.39 is 11.9 Å². The van der Waals surface area contributed by atoms with Crippen LogP contribution in [0.2, 0.25) is 0 Å². The Morgan fingerprint density at radius 1 is 1.33 bits per heavy atom. The van der Waals surface area contributed by atoms with Crippen LogP contribution in [-0.2, 0) is 23.2 Å². The van der Waals surface area contributed by atoms with Gasteiger partial charge in [-0.05, 0) is 12.1 Å². The Hall–Kier alpha value is -3.23. The molecule has 0 aliphatic carbocycles. The molecule has 0 saturated carbocycles. The zero-order valence-corrected chi connectivity index (χ0v) is 13.1. The van der Waals surface area contributed by atoms with Gasteiger partial charge in [0.2, 0.25) is 5.91 Å². The fraction of sp³-hybridized carbons (Fsp3) is 0.267. The molecule has 0 spiro atoms. The molecule has 124 valence electrons. The molecule has 2 aromatic rings. The topological polar surface area (TPSA) is 118 Å². The molecule has 3 N–H and O–H groups in total. The van der Waals surface area contributed by atoms with Crippen LogP contribution in [0, 0.1) is 0 Å².